The summed E-state index contributed by atoms with van der Waals surface area (Å²) < 4.78 is 57.8. The smallest absolute Gasteiger partial charge is 0.305 e. The van der Waals surface area contributed by atoms with Crippen LogP contribution in [0.1, 0.15) is 5.56 Å². The molecule has 5 heteroatoms. The Morgan fingerprint density at radius 3 is 1.69 bits per heavy atom. The molecular formula is C27H18F4O. The minimum absolute atomic E-state index is 0.150. The van der Waals surface area contributed by atoms with Crippen molar-refractivity contribution < 1.29 is 22.3 Å². The number of aryl methyl sites for hydroxylation is 1. The van der Waals surface area contributed by atoms with Gasteiger partial charge in [-0.1, -0.05) is 72.3 Å². The second-order valence-corrected chi connectivity index (χ2v) is 7.31. The highest BCUT2D eigenvalue weighted by Gasteiger charge is 2.11. The monoisotopic (exact) mass is 434 g/mol. The van der Waals surface area contributed by atoms with E-state index in [1.165, 1.54) is 23.8 Å². The average molecular weight is 434 g/mol. The summed E-state index contributed by atoms with van der Waals surface area (Å²) in [4.78, 5) is 0. The Kier molecular flexibility index (Phi) is 6.08. The maximum atomic E-state index is 14.8. The van der Waals surface area contributed by atoms with Crippen LogP contribution >= 0.6 is 0 Å². The molecule has 4 rings (SSSR count). The quantitative estimate of drug-likeness (QED) is 0.226. The molecule has 0 saturated carbocycles. The maximum absolute atomic E-state index is 14.8. The molecule has 4 aromatic rings. The molecule has 0 spiro atoms. The average Bonchev–Trinajstić information content (AvgIpc) is 2.79. The van der Waals surface area contributed by atoms with E-state index < -0.39 is 17.7 Å². The molecule has 1 nitrogen and oxygen atoms in total. The first-order chi connectivity index (χ1) is 15.4. The van der Waals surface area contributed by atoms with Crippen LogP contribution in [0.15, 0.2) is 97.3 Å². The van der Waals surface area contributed by atoms with Crippen molar-refractivity contribution >= 4 is 0 Å². The highest BCUT2D eigenvalue weighted by atomic mass is 19.3. The summed E-state index contributed by atoms with van der Waals surface area (Å²) in [5.41, 5.74) is 5.36. The SMILES string of the molecule is Cc1ccc(-c2ccc(-c3ccc(-c4ccc(OC=C(F)F)c(F)c4)c(F)c3)cc2)cc1. The van der Waals surface area contributed by atoms with Gasteiger partial charge in [0.25, 0.3) is 0 Å². The van der Waals surface area contributed by atoms with Crippen LogP contribution in [0.4, 0.5) is 17.6 Å². The van der Waals surface area contributed by atoms with Crippen molar-refractivity contribution in [2.24, 2.45) is 0 Å². The topological polar surface area (TPSA) is 9.23 Å². The molecule has 0 aliphatic rings. The van der Waals surface area contributed by atoms with Crippen LogP contribution in [0.5, 0.6) is 5.75 Å². The lowest BCUT2D eigenvalue weighted by Crippen LogP contribution is -1.91. The Bertz CT molecular complexity index is 1270. The summed E-state index contributed by atoms with van der Waals surface area (Å²) in [5.74, 6) is -1.75. The Labute approximate surface area is 183 Å². The van der Waals surface area contributed by atoms with E-state index in [2.05, 4.69) is 29.0 Å². The van der Waals surface area contributed by atoms with Gasteiger partial charge in [0.2, 0.25) is 0 Å². The van der Waals surface area contributed by atoms with Gasteiger partial charge in [-0.25, -0.2) is 8.78 Å². The summed E-state index contributed by atoms with van der Waals surface area (Å²) in [6, 6.07) is 24.4. The van der Waals surface area contributed by atoms with Crippen molar-refractivity contribution in [2.45, 2.75) is 6.92 Å². The number of hydrogen-bond acceptors (Lipinski definition) is 1. The van der Waals surface area contributed by atoms with Gasteiger partial charge in [0.05, 0.1) is 0 Å². The molecule has 0 unspecified atom stereocenters. The van der Waals surface area contributed by atoms with Crippen LogP contribution in [-0.2, 0) is 0 Å². The van der Waals surface area contributed by atoms with Crippen molar-refractivity contribution in [1.29, 1.82) is 0 Å². The van der Waals surface area contributed by atoms with E-state index in [9.17, 15) is 17.6 Å². The fraction of sp³-hybridized carbons (Fsp3) is 0.0370. The van der Waals surface area contributed by atoms with Gasteiger partial charge in [0.1, 0.15) is 5.82 Å². The lowest BCUT2D eigenvalue weighted by Gasteiger charge is -2.09. The first kappa shape index (κ1) is 21.4. The van der Waals surface area contributed by atoms with E-state index in [4.69, 9.17) is 0 Å². The van der Waals surface area contributed by atoms with Crippen molar-refractivity contribution in [2.75, 3.05) is 0 Å². The van der Waals surface area contributed by atoms with Gasteiger partial charge >= 0.3 is 6.08 Å². The molecule has 0 radical (unpaired) electrons. The van der Waals surface area contributed by atoms with Gasteiger partial charge in [-0.05, 0) is 52.9 Å². The van der Waals surface area contributed by atoms with Crippen molar-refractivity contribution in [3.05, 3.63) is 114 Å². The summed E-state index contributed by atoms with van der Waals surface area (Å²) in [7, 11) is 0. The second kappa shape index (κ2) is 9.10. The van der Waals surface area contributed by atoms with Crippen molar-refractivity contribution in [1.82, 2.24) is 0 Å². The first-order valence-corrected chi connectivity index (χ1v) is 9.85. The zero-order valence-corrected chi connectivity index (χ0v) is 17.1. The Morgan fingerprint density at radius 1 is 0.625 bits per heavy atom. The predicted octanol–water partition coefficient (Wildman–Crippen LogP) is 8.39. The van der Waals surface area contributed by atoms with E-state index in [0.717, 1.165) is 22.8 Å². The van der Waals surface area contributed by atoms with Crippen LogP contribution in [0.3, 0.4) is 0 Å². The van der Waals surface area contributed by atoms with Crippen LogP contribution < -0.4 is 4.74 Å². The number of ether oxygens (including phenoxy) is 1. The third-order valence-electron chi connectivity index (χ3n) is 5.09. The lowest BCUT2D eigenvalue weighted by molar-refractivity contribution is 0.356. The van der Waals surface area contributed by atoms with E-state index in [1.807, 2.05) is 31.2 Å². The van der Waals surface area contributed by atoms with Gasteiger partial charge in [0.15, 0.2) is 17.8 Å². The number of benzene rings is 4. The third-order valence-corrected chi connectivity index (χ3v) is 5.09. The molecule has 0 heterocycles. The van der Waals surface area contributed by atoms with Gasteiger partial charge in [-0.15, -0.1) is 0 Å². The van der Waals surface area contributed by atoms with Gasteiger partial charge < -0.3 is 4.74 Å². The molecule has 0 N–H and O–H groups in total. The highest BCUT2D eigenvalue weighted by Crippen LogP contribution is 2.31. The zero-order valence-electron chi connectivity index (χ0n) is 17.1. The fourth-order valence-corrected chi connectivity index (χ4v) is 3.40. The maximum Gasteiger partial charge on any atom is 0.305 e. The zero-order chi connectivity index (χ0) is 22.7. The molecule has 0 aromatic heterocycles. The Hall–Kier alpha value is -3.86. The van der Waals surface area contributed by atoms with E-state index in [1.54, 1.807) is 12.1 Å². The number of hydrogen-bond donors (Lipinski definition) is 0. The van der Waals surface area contributed by atoms with E-state index >= 15 is 0 Å². The van der Waals surface area contributed by atoms with Crippen LogP contribution in [0.2, 0.25) is 0 Å². The molecule has 0 atom stereocenters. The standard InChI is InChI=1S/C27H18F4O/c1-17-2-4-18(5-3-17)19-6-8-20(9-7-19)21-10-12-23(24(28)14-21)22-11-13-26(25(29)15-22)32-16-27(30)31/h2-16H,1H3. The lowest BCUT2D eigenvalue weighted by atomic mass is 9.97. The van der Waals surface area contributed by atoms with Crippen molar-refractivity contribution in [3.8, 4) is 39.1 Å². The second-order valence-electron chi connectivity index (χ2n) is 7.31. The highest BCUT2D eigenvalue weighted by molar-refractivity contribution is 5.74. The fourth-order valence-electron chi connectivity index (χ4n) is 3.40. The Balaban J connectivity index is 1.57. The summed E-state index contributed by atoms with van der Waals surface area (Å²) in [6.07, 6.45) is -1.93. The van der Waals surface area contributed by atoms with Crippen molar-refractivity contribution in [3.63, 3.8) is 0 Å². The summed E-state index contributed by atoms with van der Waals surface area (Å²) >= 11 is 0. The number of rotatable bonds is 5. The van der Waals surface area contributed by atoms with E-state index in [0.29, 0.717) is 5.56 Å². The van der Waals surface area contributed by atoms with Gasteiger partial charge in [0, 0.05) is 5.56 Å². The Morgan fingerprint density at radius 2 is 1.12 bits per heavy atom. The molecule has 0 aliphatic heterocycles. The van der Waals surface area contributed by atoms with Crippen LogP contribution in [0.25, 0.3) is 33.4 Å². The molecular weight excluding hydrogens is 416 g/mol. The molecule has 32 heavy (non-hydrogen) atoms. The van der Waals surface area contributed by atoms with E-state index in [-0.39, 0.29) is 23.1 Å². The molecule has 0 saturated heterocycles. The van der Waals surface area contributed by atoms with Crippen LogP contribution in [-0.4, -0.2) is 0 Å². The van der Waals surface area contributed by atoms with Crippen LogP contribution in [0, 0.1) is 18.6 Å². The predicted molar refractivity (Wildman–Crippen MR) is 118 cm³/mol. The number of halogens is 4. The third kappa shape index (κ3) is 4.72. The minimum atomic E-state index is -2.08. The first-order valence-electron chi connectivity index (χ1n) is 9.85. The summed E-state index contributed by atoms with van der Waals surface area (Å²) in [6.45, 7) is 2.03. The normalized spacial score (nSPS) is 10.7. The molecule has 0 fully saturated rings. The van der Waals surface area contributed by atoms with Gasteiger partial charge in [-0.2, -0.15) is 8.78 Å². The minimum Gasteiger partial charge on any atom is -0.456 e. The molecule has 0 bridgehead atoms. The summed E-state index contributed by atoms with van der Waals surface area (Å²) in [5, 5.41) is 0. The molecule has 0 aliphatic carbocycles. The molecule has 160 valence electrons. The molecule has 4 aromatic carbocycles. The van der Waals surface area contributed by atoms with Gasteiger partial charge in [-0.3, -0.25) is 0 Å². The molecule has 0 amide bonds. The largest absolute Gasteiger partial charge is 0.456 e.